The molecule has 0 radical (unpaired) electrons. The first-order valence-electron chi connectivity index (χ1n) is 8.15. The van der Waals surface area contributed by atoms with Crippen LogP contribution in [0.3, 0.4) is 0 Å². The molecule has 0 saturated heterocycles. The number of hydrogen-bond acceptors (Lipinski definition) is 4. The molecule has 3 aromatic rings. The minimum absolute atomic E-state index is 0.0762. The summed E-state index contributed by atoms with van der Waals surface area (Å²) in [6.07, 6.45) is 9.32. The molecule has 1 atom stereocenters. The lowest BCUT2D eigenvalue weighted by Gasteiger charge is -2.26. The first-order valence-corrected chi connectivity index (χ1v) is 8.15. The molecule has 5 heteroatoms. The first-order chi connectivity index (χ1) is 11.9. The van der Waals surface area contributed by atoms with Crippen molar-refractivity contribution in [1.29, 1.82) is 0 Å². The highest BCUT2D eigenvalue weighted by atomic mass is 16.6. The van der Waals surface area contributed by atoms with Gasteiger partial charge in [0.1, 0.15) is 12.7 Å². The fourth-order valence-corrected chi connectivity index (χ4v) is 2.80. The molecule has 0 spiro atoms. The van der Waals surface area contributed by atoms with Crippen molar-refractivity contribution in [3.63, 3.8) is 0 Å². The number of pyridine rings is 1. The molecule has 0 N–H and O–H groups in total. The molecule has 0 bridgehead atoms. The Balaban J connectivity index is 1.32. The topological polar surface area (TPSA) is 49.2 Å². The zero-order chi connectivity index (χ0) is 16.2. The maximum atomic E-state index is 5.98. The molecule has 4 rings (SSSR count). The minimum atomic E-state index is 0.0762. The predicted octanol–water partition coefficient (Wildman–Crippen LogP) is 3.10. The molecule has 0 fully saturated rings. The van der Waals surface area contributed by atoms with Crippen LogP contribution < -0.4 is 9.47 Å². The molecule has 3 heterocycles. The smallest absolute Gasteiger partial charge is 0.161 e. The molecule has 0 aliphatic carbocycles. The van der Waals surface area contributed by atoms with Crippen LogP contribution in [-0.4, -0.2) is 27.2 Å². The van der Waals surface area contributed by atoms with Crippen LogP contribution in [0.1, 0.15) is 17.7 Å². The standard InChI is InChI=1S/C19H19N3O2/c1-2-4-19-18(3-1)23-13-17(24-19)8-7-16-6-5-15(11-21-16)12-22-10-9-20-14-22/h1-6,9-11,14,17H,7-8,12-13H2/t17-/m0/s1. The van der Waals surface area contributed by atoms with Crippen LogP contribution >= 0.6 is 0 Å². The Labute approximate surface area is 140 Å². The van der Waals surface area contributed by atoms with Crippen molar-refractivity contribution in [2.75, 3.05) is 6.61 Å². The summed E-state index contributed by atoms with van der Waals surface area (Å²) in [7, 11) is 0. The summed E-state index contributed by atoms with van der Waals surface area (Å²) in [6.45, 7) is 1.39. The molecule has 0 saturated carbocycles. The predicted molar refractivity (Wildman–Crippen MR) is 90.2 cm³/mol. The average Bonchev–Trinajstić information content (AvgIpc) is 3.14. The van der Waals surface area contributed by atoms with Gasteiger partial charge in [-0.3, -0.25) is 4.98 Å². The van der Waals surface area contributed by atoms with Gasteiger partial charge >= 0.3 is 0 Å². The van der Waals surface area contributed by atoms with E-state index in [0.29, 0.717) is 6.61 Å². The van der Waals surface area contributed by atoms with Crippen molar-refractivity contribution in [3.8, 4) is 11.5 Å². The van der Waals surface area contributed by atoms with Crippen molar-refractivity contribution in [2.45, 2.75) is 25.5 Å². The lowest BCUT2D eigenvalue weighted by Crippen LogP contribution is -2.29. The summed E-state index contributed by atoms with van der Waals surface area (Å²) in [5, 5.41) is 0. The van der Waals surface area contributed by atoms with E-state index in [2.05, 4.69) is 22.1 Å². The number of aromatic nitrogens is 3. The van der Waals surface area contributed by atoms with E-state index in [-0.39, 0.29) is 6.10 Å². The third-order valence-electron chi connectivity index (χ3n) is 4.10. The normalized spacial score (nSPS) is 16.1. The first kappa shape index (κ1) is 14.8. The van der Waals surface area contributed by atoms with E-state index >= 15 is 0 Å². The van der Waals surface area contributed by atoms with E-state index in [1.165, 1.54) is 5.56 Å². The summed E-state index contributed by atoms with van der Waals surface area (Å²) in [6, 6.07) is 12.0. The van der Waals surface area contributed by atoms with Gasteiger partial charge in [-0.05, 0) is 36.6 Å². The molecular formula is C19H19N3O2. The molecule has 122 valence electrons. The third kappa shape index (κ3) is 3.40. The van der Waals surface area contributed by atoms with Gasteiger partial charge in [0.05, 0.1) is 6.33 Å². The summed E-state index contributed by atoms with van der Waals surface area (Å²) in [4.78, 5) is 8.61. The SMILES string of the molecule is c1ccc2c(c1)OC[C@H](CCc1ccc(Cn3ccnc3)cn1)O2. The Hall–Kier alpha value is -2.82. The minimum Gasteiger partial charge on any atom is -0.486 e. The van der Waals surface area contributed by atoms with Crippen LogP contribution in [-0.2, 0) is 13.0 Å². The Morgan fingerprint density at radius 1 is 1.12 bits per heavy atom. The van der Waals surface area contributed by atoms with Crippen LogP contribution in [0.5, 0.6) is 11.5 Å². The lowest BCUT2D eigenvalue weighted by molar-refractivity contribution is 0.0849. The van der Waals surface area contributed by atoms with Gasteiger partial charge in [-0.25, -0.2) is 4.98 Å². The van der Waals surface area contributed by atoms with Gasteiger partial charge in [-0.15, -0.1) is 0 Å². The van der Waals surface area contributed by atoms with E-state index in [4.69, 9.17) is 9.47 Å². The summed E-state index contributed by atoms with van der Waals surface area (Å²) >= 11 is 0. The second-order valence-electron chi connectivity index (χ2n) is 5.93. The molecule has 24 heavy (non-hydrogen) atoms. The average molecular weight is 321 g/mol. The Bertz CT molecular complexity index is 785. The fourth-order valence-electron chi connectivity index (χ4n) is 2.80. The second-order valence-corrected chi connectivity index (χ2v) is 5.93. The van der Waals surface area contributed by atoms with Crippen molar-refractivity contribution in [2.24, 2.45) is 0 Å². The van der Waals surface area contributed by atoms with Crippen LogP contribution in [0.4, 0.5) is 0 Å². The molecule has 1 aliphatic heterocycles. The van der Waals surface area contributed by atoms with E-state index in [1.54, 1.807) is 6.20 Å². The number of nitrogens with zero attached hydrogens (tertiary/aromatic N) is 3. The maximum Gasteiger partial charge on any atom is 0.161 e. The Kier molecular flexibility index (Phi) is 4.14. The fraction of sp³-hybridized carbons (Fsp3) is 0.263. The van der Waals surface area contributed by atoms with Gasteiger partial charge in [0.2, 0.25) is 0 Å². The zero-order valence-corrected chi connectivity index (χ0v) is 13.3. The number of ether oxygens (including phenoxy) is 2. The Morgan fingerprint density at radius 2 is 2.04 bits per heavy atom. The molecule has 2 aromatic heterocycles. The second kappa shape index (κ2) is 6.74. The maximum absolute atomic E-state index is 5.98. The van der Waals surface area contributed by atoms with Gasteiger partial charge in [0, 0.05) is 30.8 Å². The zero-order valence-electron chi connectivity index (χ0n) is 13.3. The molecule has 0 amide bonds. The number of benzene rings is 1. The van der Waals surface area contributed by atoms with E-state index in [1.807, 2.05) is 47.6 Å². The highest BCUT2D eigenvalue weighted by Gasteiger charge is 2.20. The van der Waals surface area contributed by atoms with E-state index in [0.717, 1.165) is 36.6 Å². The quantitative estimate of drug-likeness (QED) is 0.724. The van der Waals surface area contributed by atoms with Crippen molar-refractivity contribution < 1.29 is 9.47 Å². The molecule has 5 nitrogen and oxygen atoms in total. The van der Waals surface area contributed by atoms with Gasteiger partial charge in [-0.2, -0.15) is 0 Å². The van der Waals surface area contributed by atoms with E-state index in [9.17, 15) is 0 Å². The largest absolute Gasteiger partial charge is 0.486 e. The Morgan fingerprint density at radius 3 is 2.83 bits per heavy atom. The molecule has 1 aliphatic rings. The van der Waals surface area contributed by atoms with Crippen LogP contribution in [0.15, 0.2) is 61.3 Å². The van der Waals surface area contributed by atoms with Gasteiger partial charge < -0.3 is 14.0 Å². The molecular weight excluding hydrogens is 302 g/mol. The number of fused-ring (bicyclic) bond motifs is 1. The highest BCUT2D eigenvalue weighted by molar-refractivity contribution is 5.40. The van der Waals surface area contributed by atoms with Crippen molar-refractivity contribution in [1.82, 2.24) is 14.5 Å². The lowest BCUT2D eigenvalue weighted by atomic mass is 10.1. The van der Waals surface area contributed by atoms with Crippen LogP contribution in [0, 0.1) is 0 Å². The van der Waals surface area contributed by atoms with Crippen molar-refractivity contribution >= 4 is 0 Å². The van der Waals surface area contributed by atoms with E-state index < -0.39 is 0 Å². The van der Waals surface area contributed by atoms with Gasteiger partial charge in [0.15, 0.2) is 11.5 Å². The number of imidazole rings is 1. The number of hydrogen-bond donors (Lipinski definition) is 0. The number of rotatable bonds is 5. The van der Waals surface area contributed by atoms with Gasteiger partial charge in [-0.1, -0.05) is 18.2 Å². The highest BCUT2D eigenvalue weighted by Crippen LogP contribution is 2.31. The monoisotopic (exact) mass is 321 g/mol. The van der Waals surface area contributed by atoms with Gasteiger partial charge in [0.25, 0.3) is 0 Å². The summed E-state index contributed by atoms with van der Waals surface area (Å²) < 4.78 is 13.8. The number of aryl methyl sites for hydroxylation is 1. The number of para-hydroxylation sites is 2. The molecule has 1 aromatic carbocycles. The summed E-state index contributed by atoms with van der Waals surface area (Å²) in [5.41, 5.74) is 2.25. The van der Waals surface area contributed by atoms with Crippen LogP contribution in [0.2, 0.25) is 0 Å². The molecule has 0 unspecified atom stereocenters. The van der Waals surface area contributed by atoms with Crippen molar-refractivity contribution in [3.05, 3.63) is 72.6 Å². The summed E-state index contributed by atoms with van der Waals surface area (Å²) in [5.74, 6) is 1.66. The third-order valence-corrected chi connectivity index (χ3v) is 4.10. The van der Waals surface area contributed by atoms with Crippen LogP contribution in [0.25, 0.3) is 0 Å².